The van der Waals surface area contributed by atoms with Crippen molar-refractivity contribution in [2.75, 3.05) is 0 Å². The fraction of sp³-hybridized carbons (Fsp3) is 0.125. The van der Waals surface area contributed by atoms with Crippen LogP contribution in [0.1, 0.15) is 11.8 Å². The standard InChI is InChI=1S/C6H6S.C2H4O2/c1-2-6-4-3-5-7-6;1-2(3)4/h2-5H,1H2;1H3,(H,3,4). The van der Waals surface area contributed by atoms with Crippen LogP contribution in [0.2, 0.25) is 0 Å². The van der Waals surface area contributed by atoms with E-state index in [1.165, 1.54) is 4.88 Å². The van der Waals surface area contributed by atoms with Crippen molar-refractivity contribution in [3.8, 4) is 0 Å². The second-order valence-corrected chi connectivity index (χ2v) is 2.72. The van der Waals surface area contributed by atoms with Gasteiger partial charge in [-0.15, -0.1) is 11.3 Å². The third-order valence-corrected chi connectivity index (χ3v) is 1.61. The Hall–Kier alpha value is -1.09. The summed E-state index contributed by atoms with van der Waals surface area (Å²) in [6.45, 7) is 4.70. The van der Waals surface area contributed by atoms with E-state index in [4.69, 9.17) is 9.90 Å². The Morgan fingerprint density at radius 3 is 2.55 bits per heavy atom. The van der Waals surface area contributed by atoms with Crippen molar-refractivity contribution >= 4 is 23.4 Å². The summed E-state index contributed by atoms with van der Waals surface area (Å²) in [7, 11) is 0. The first-order valence-electron chi connectivity index (χ1n) is 3.02. The monoisotopic (exact) mass is 170 g/mol. The molecular formula is C8H10O2S. The van der Waals surface area contributed by atoms with Gasteiger partial charge in [-0.25, -0.2) is 0 Å². The summed E-state index contributed by atoms with van der Waals surface area (Å²) < 4.78 is 0. The van der Waals surface area contributed by atoms with Crippen molar-refractivity contribution in [2.45, 2.75) is 6.92 Å². The summed E-state index contributed by atoms with van der Waals surface area (Å²) in [5.74, 6) is -0.833. The molecule has 1 heterocycles. The second kappa shape index (κ2) is 5.68. The lowest BCUT2D eigenvalue weighted by atomic mass is 10.5. The van der Waals surface area contributed by atoms with Crippen molar-refractivity contribution in [1.29, 1.82) is 0 Å². The number of thiophene rings is 1. The molecule has 3 heteroatoms. The number of rotatable bonds is 1. The van der Waals surface area contributed by atoms with E-state index in [0.29, 0.717) is 0 Å². The fourth-order valence-corrected chi connectivity index (χ4v) is 0.975. The van der Waals surface area contributed by atoms with Gasteiger partial charge >= 0.3 is 0 Å². The van der Waals surface area contributed by atoms with E-state index in [-0.39, 0.29) is 0 Å². The molecule has 0 aliphatic heterocycles. The molecule has 1 rings (SSSR count). The highest BCUT2D eigenvalue weighted by Crippen LogP contribution is 2.07. The number of hydrogen-bond acceptors (Lipinski definition) is 2. The SMILES string of the molecule is C=Cc1cccs1.CC(=O)O. The van der Waals surface area contributed by atoms with Crippen LogP contribution in [-0.2, 0) is 4.79 Å². The zero-order valence-electron chi connectivity index (χ0n) is 6.28. The lowest BCUT2D eigenvalue weighted by molar-refractivity contribution is -0.134. The van der Waals surface area contributed by atoms with Crippen molar-refractivity contribution in [2.24, 2.45) is 0 Å². The zero-order chi connectivity index (χ0) is 8.69. The summed E-state index contributed by atoms with van der Waals surface area (Å²) in [4.78, 5) is 10.2. The average Bonchev–Trinajstić information content (AvgIpc) is 2.36. The lowest BCUT2D eigenvalue weighted by Gasteiger charge is -1.71. The van der Waals surface area contributed by atoms with Gasteiger partial charge in [-0.2, -0.15) is 0 Å². The molecule has 11 heavy (non-hydrogen) atoms. The predicted molar refractivity (Wildman–Crippen MR) is 47.7 cm³/mol. The molecule has 0 aromatic carbocycles. The topological polar surface area (TPSA) is 37.3 Å². The first kappa shape index (κ1) is 9.91. The molecule has 0 bridgehead atoms. The van der Waals surface area contributed by atoms with Crippen LogP contribution in [-0.4, -0.2) is 11.1 Å². The Bertz CT molecular complexity index is 210. The van der Waals surface area contributed by atoms with Gasteiger partial charge in [0.25, 0.3) is 5.97 Å². The van der Waals surface area contributed by atoms with Crippen LogP contribution in [0.3, 0.4) is 0 Å². The van der Waals surface area contributed by atoms with Crippen LogP contribution >= 0.6 is 11.3 Å². The van der Waals surface area contributed by atoms with Gasteiger partial charge in [0.2, 0.25) is 0 Å². The molecule has 0 aliphatic rings. The molecule has 0 amide bonds. The van der Waals surface area contributed by atoms with Gasteiger partial charge in [-0.3, -0.25) is 4.79 Å². The molecule has 0 radical (unpaired) electrons. The Kier molecular flexibility index (Phi) is 5.11. The summed E-state index contributed by atoms with van der Waals surface area (Å²) in [6, 6.07) is 4.05. The quantitative estimate of drug-likeness (QED) is 0.703. The van der Waals surface area contributed by atoms with Gasteiger partial charge in [0, 0.05) is 11.8 Å². The zero-order valence-corrected chi connectivity index (χ0v) is 7.10. The highest BCUT2D eigenvalue weighted by Gasteiger charge is 1.78. The van der Waals surface area contributed by atoms with E-state index in [0.717, 1.165) is 6.92 Å². The molecule has 1 aromatic heterocycles. The summed E-state index contributed by atoms with van der Waals surface area (Å²) >= 11 is 1.70. The molecule has 0 atom stereocenters. The van der Waals surface area contributed by atoms with E-state index >= 15 is 0 Å². The smallest absolute Gasteiger partial charge is 0.300 e. The molecular weight excluding hydrogens is 160 g/mol. The molecule has 1 N–H and O–H groups in total. The van der Waals surface area contributed by atoms with Crippen molar-refractivity contribution in [3.63, 3.8) is 0 Å². The number of hydrogen-bond donors (Lipinski definition) is 1. The molecule has 0 fully saturated rings. The Labute approximate surface area is 69.8 Å². The summed E-state index contributed by atoms with van der Waals surface area (Å²) in [6.07, 6.45) is 1.85. The minimum absolute atomic E-state index is 0.833. The van der Waals surface area contributed by atoms with Crippen LogP contribution in [0.4, 0.5) is 0 Å². The molecule has 1 aromatic rings. The molecule has 0 spiro atoms. The fourth-order valence-electron chi connectivity index (χ4n) is 0.407. The Morgan fingerprint density at radius 2 is 2.36 bits per heavy atom. The van der Waals surface area contributed by atoms with Gasteiger partial charge < -0.3 is 5.11 Å². The van der Waals surface area contributed by atoms with Gasteiger partial charge in [0.05, 0.1) is 0 Å². The van der Waals surface area contributed by atoms with Gasteiger partial charge in [0.1, 0.15) is 0 Å². The maximum Gasteiger partial charge on any atom is 0.300 e. The van der Waals surface area contributed by atoms with Crippen LogP contribution < -0.4 is 0 Å². The third kappa shape index (κ3) is 6.80. The van der Waals surface area contributed by atoms with E-state index in [9.17, 15) is 0 Å². The highest BCUT2D eigenvalue weighted by atomic mass is 32.1. The maximum atomic E-state index is 9.00. The highest BCUT2D eigenvalue weighted by molar-refractivity contribution is 7.10. The number of carboxylic acid groups (broad SMARTS) is 1. The number of aliphatic carboxylic acids is 1. The number of carboxylic acids is 1. The van der Waals surface area contributed by atoms with Gasteiger partial charge in [-0.05, 0) is 11.4 Å². The second-order valence-electron chi connectivity index (χ2n) is 1.74. The average molecular weight is 170 g/mol. The van der Waals surface area contributed by atoms with Crippen LogP contribution in [0.15, 0.2) is 24.1 Å². The normalized spacial score (nSPS) is 7.73. The van der Waals surface area contributed by atoms with E-state index in [1.807, 2.05) is 23.6 Å². The minimum Gasteiger partial charge on any atom is -0.481 e. The molecule has 0 saturated carbocycles. The van der Waals surface area contributed by atoms with Crippen LogP contribution in [0.5, 0.6) is 0 Å². The molecule has 2 nitrogen and oxygen atoms in total. The predicted octanol–water partition coefficient (Wildman–Crippen LogP) is 2.48. The molecule has 60 valence electrons. The van der Waals surface area contributed by atoms with Gasteiger partial charge in [0.15, 0.2) is 0 Å². The summed E-state index contributed by atoms with van der Waals surface area (Å²) in [5, 5.41) is 9.46. The van der Waals surface area contributed by atoms with Crippen LogP contribution in [0, 0.1) is 0 Å². The van der Waals surface area contributed by atoms with E-state index in [2.05, 4.69) is 6.58 Å². The summed E-state index contributed by atoms with van der Waals surface area (Å²) in [5.41, 5.74) is 0. The van der Waals surface area contributed by atoms with Crippen molar-refractivity contribution in [3.05, 3.63) is 29.0 Å². The Morgan fingerprint density at radius 1 is 1.82 bits per heavy atom. The van der Waals surface area contributed by atoms with Crippen LogP contribution in [0.25, 0.3) is 6.08 Å². The lowest BCUT2D eigenvalue weighted by Crippen LogP contribution is -1.78. The maximum absolute atomic E-state index is 9.00. The van der Waals surface area contributed by atoms with Gasteiger partial charge in [-0.1, -0.05) is 18.7 Å². The van der Waals surface area contributed by atoms with Crippen molar-refractivity contribution in [1.82, 2.24) is 0 Å². The minimum atomic E-state index is -0.833. The molecule has 0 aliphatic carbocycles. The number of carbonyl (C=O) groups is 1. The third-order valence-electron chi connectivity index (χ3n) is 0.744. The molecule has 0 saturated heterocycles. The largest absolute Gasteiger partial charge is 0.481 e. The van der Waals surface area contributed by atoms with Crippen molar-refractivity contribution < 1.29 is 9.90 Å². The molecule has 0 unspecified atom stereocenters. The first-order chi connectivity index (χ1) is 5.16. The first-order valence-corrected chi connectivity index (χ1v) is 3.90. The van der Waals surface area contributed by atoms with E-state index < -0.39 is 5.97 Å². The van der Waals surface area contributed by atoms with E-state index in [1.54, 1.807) is 11.3 Å². The Balaban J connectivity index is 0.000000218.